The summed E-state index contributed by atoms with van der Waals surface area (Å²) in [5.74, 6) is 2.31. The molecule has 6 nitrogen and oxygen atoms in total. The van der Waals surface area contributed by atoms with E-state index in [1.807, 2.05) is 12.1 Å². The summed E-state index contributed by atoms with van der Waals surface area (Å²) >= 11 is 0. The molecule has 1 aromatic rings. The number of piperazine rings is 1. The second kappa shape index (κ2) is 13.2. The van der Waals surface area contributed by atoms with Gasteiger partial charge in [-0.2, -0.15) is 0 Å². The second-order valence-electron chi connectivity index (χ2n) is 7.51. The van der Waals surface area contributed by atoms with Crippen LogP contribution in [0, 0.1) is 0 Å². The molecular weight excluding hydrogens is 465 g/mol. The van der Waals surface area contributed by atoms with Crippen LogP contribution in [-0.2, 0) is 0 Å². The molecule has 1 heterocycles. The van der Waals surface area contributed by atoms with Crippen LogP contribution < -0.4 is 15.4 Å². The fourth-order valence-electron chi connectivity index (χ4n) is 3.34. The lowest BCUT2D eigenvalue weighted by molar-refractivity contribution is 0.119. The summed E-state index contributed by atoms with van der Waals surface area (Å²) in [5, 5.41) is 6.86. The SMILES string of the molecule is CCNC(=NCC1CN(C)CCN1C)NCCC(C)c1ccc(OC)cc1.I. The van der Waals surface area contributed by atoms with Gasteiger partial charge in [-0.15, -0.1) is 24.0 Å². The van der Waals surface area contributed by atoms with Gasteiger partial charge in [0.25, 0.3) is 0 Å². The highest BCUT2D eigenvalue weighted by molar-refractivity contribution is 14.0. The first kappa shape index (κ1) is 25.0. The van der Waals surface area contributed by atoms with Crippen LogP contribution in [0.3, 0.4) is 0 Å². The van der Waals surface area contributed by atoms with Crippen LogP contribution in [0.15, 0.2) is 29.3 Å². The monoisotopic (exact) mass is 503 g/mol. The first-order valence-corrected chi connectivity index (χ1v) is 10.1. The van der Waals surface area contributed by atoms with Crippen molar-refractivity contribution in [1.29, 1.82) is 0 Å². The summed E-state index contributed by atoms with van der Waals surface area (Å²) in [4.78, 5) is 9.63. The molecule has 1 aliphatic rings. The number of rotatable bonds is 8. The smallest absolute Gasteiger partial charge is 0.191 e. The van der Waals surface area contributed by atoms with Crippen molar-refractivity contribution in [3.05, 3.63) is 29.8 Å². The Morgan fingerprint density at radius 3 is 2.57 bits per heavy atom. The number of guanidine groups is 1. The van der Waals surface area contributed by atoms with E-state index in [0.29, 0.717) is 12.0 Å². The van der Waals surface area contributed by atoms with Gasteiger partial charge in [0.15, 0.2) is 5.96 Å². The van der Waals surface area contributed by atoms with E-state index in [4.69, 9.17) is 9.73 Å². The molecule has 0 spiro atoms. The van der Waals surface area contributed by atoms with Crippen LogP contribution in [0.1, 0.15) is 31.7 Å². The van der Waals surface area contributed by atoms with Crippen LogP contribution >= 0.6 is 24.0 Å². The zero-order valence-electron chi connectivity index (χ0n) is 18.1. The number of benzene rings is 1. The summed E-state index contributed by atoms with van der Waals surface area (Å²) < 4.78 is 5.24. The quantitative estimate of drug-likeness (QED) is 0.325. The summed E-state index contributed by atoms with van der Waals surface area (Å²) in [6.07, 6.45) is 1.06. The predicted molar refractivity (Wildman–Crippen MR) is 129 cm³/mol. The zero-order chi connectivity index (χ0) is 19.6. The first-order valence-electron chi connectivity index (χ1n) is 10.1. The molecule has 7 heteroatoms. The van der Waals surface area contributed by atoms with E-state index in [1.54, 1.807) is 7.11 Å². The Morgan fingerprint density at radius 1 is 1.21 bits per heavy atom. The van der Waals surface area contributed by atoms with E-state index in [0.717, 1.165) is 57.4 Å². The van der Waals surface area contributed by atoms with Crippen molar-refractivity contribution in [3.63, 3.8) is 0 Å². The van der Waals surface area contributed by atoms with Gasteiger partial charge in [-0.25, -0.2) is 0 Å². The van der Waals surface area contributed by atoms with Crippen LogP contribution in [-0.4, -0.2) is 82.3 Å². The van der Waals surface area contributed by atoms with Crippen molar-refractivity contribution in [2.45, 2.75) is 32.2 Å². The number of methoxy groups -OCH3 is 1. The number of hydrogen-bond donors (Lipinski definition) is 2. The van der Waals surface area contributed by atoms with Gasteiger partial charge in [0.1, 0.15) is 5.75 Å². The number of halogens is 1. The molecule has 2 unspecified atom stereocenters. The summed E-state index contributed by atoms with van der Waals surface area (Å²) in [5.41, 5.74) is 1.34. The Balaban J connectivity index is 0.00000392. The number of hydrogen-bond acceptors (Lipinski definition) is 4. The molecule has 160 valence electrons. The molecule has 0 saturated carbocycles. The Morgan fingerprint density at radius 2 is 1.93 bits per heavy atom. The van der Waals surface area contributed by atoms with Gasteiger partial charge in [-0.3, -0.25) is 9.89 Å². The molecule has 0 bridgehead atoms. The third kappa shape index (κ3) is 8.13. The topological polar surface area (TPSA) is 52.1 Å². The number of nitrogens with one attached hydrogen (secondary N) is 2. The maximum Gasteiger partial charge on any atom is 0.191 e. The highest BCUT2D eigenvalue weighted by Gasteiger charge is 2.21. The van der Waals surface area contributed by atoms with E-state index >= 15 is 0 Å². The normalized spacial score (nSPS) is 19.6. The van der Waals surface area contributed by atoms with E-state index in [9.17, 15) is 0 Å². The summed E-state index contributed by atoms with van der Waals surface area (Å²) in [6, 6.07) is 8.85. The minimum absolute atomic E-state index is 0. The summed E-state index contributed by atoms with van der Waals surface area (Å²) in [6.45, 7) is 10.3. The summed E-state index contributed by atoms with van der Waals surface area (Å²) in [7, 11) is 6.09. The minimum Gasteiger partial charge on any atom is -0.497 e. The Hall–Kier alpha value is -1.06. The fraction of sp³-hybridized carbons (Fsp3) is 0.667. The standard InChI is InChI=1S/C21H37N5O.HI/c1-6-22-21(24-15-19-16-25(3)13-14-26(19)4)23-12-11-17(2)18-7-9-20(27-5)10-8-18;/h7-10,17,19H,6,11-16H2,1-5H3,(H2,22,23,24);1H. The largest absolute Gasteiger partial charge is 0.497 e. The lowest BCUT2D eigenvalue weighted by atomic mass is 9.98. The molecule has 2 N–H and O–H groups in total. The van der Waals surface area contributed by atoms with Gasteiger partial charge in [0.2, 0.25) is 0 Å². The molecule has 1 aliphatic heterocycles. The maximum atomic E-state index is 5.24. The lowest BCUT2D eigenvalue weighted by Crippen LogP contribution is -2.51. The molecular formula is C21H38IN5O. The molecule has 0 aliphatic carbocycles. The Bertz CT molecular complexity index is 581. The third-order valence-electron chi connectivity index (χ3n) is 5.34. The number of likely N-dealkylation sites (N-methyl/N-ethyl adjacent to an activating group) is 2. The van der Waals surface area contributed by atoms with E-state index in [2.05, 4.69) is 60.5 Å². The van der Waals surface area contributed by atoms with Gasteiger partial charge >= 0.3 is 0 Å². The minimum atomic E-state index is 0. The molecule has 1 saturated heterocycles. The molecule has 1 fully saturated rings. The van der Waals surface area contributed by atoms with E-state index in [-0.39, 0.29) is 24.0 Å². The fourth-order valence-corrected chi connectivity index (χ4v) is 3.34. The molecule has 0 aromatic heterocycles. The van der Waals surface area contributed by atoms with Gasteiger partial charge in [-0.05, 0) is 51.1 Å². The predicted octanol–water partition coefficient (Wildman–Crippen LogP) is 2.61. The molecule has 2 rings (SSSR count). The average molecular weight is 503 g/mol. The van der Waals surface area contributed by atoms with Gasteiger partial charge < -0.3 is 20.3 Å². The van der Waals surface area contributed by atoms with Crippen LogP contribution in [0.4, 0.5) is 0 Å². The lowest BCUT2D eigenvalue weighted by Gasteiger charge is -2.36. The van der Waals surface area contributed by atoms with Crippen molar-refractivity contribution in [2.75, 3.05) is 60.5 Å². The number of ether oxygens (including phenoxy) is 1. The Kier molecular flexibility index (Phi) is 11.8. The van der Waals surface area contributed by atoms with Crippen molar-refractivity contribution in [1.82, 2.24) is 20.4 Å². The van der Waals surface area contributed by atoms with Crippen molar-refractivity contribution >= 4 is 29.9 Å². The highest BCUT2D eigenvalue weighted by atomic mass is 127. The third-order valence-corrected chi connectivity index (χ3v) is 5.34. The first-order chi connectivity index (χ1) is 13.0. The van der Waals surface area contributed by atoms with Crippen LogP contribution in [0.5, 0.6) is 5.75 Å². The molecule has 0 radical (unpaired) electrons. The van der Waals surface area contributed by atoms with E-state index < -0.39 is 0 Å². The van der Waals surface area contributed by atoms with Gasteiger partial charge in [0.05, 0.1) is 13.7 Å². The molecule has 1 aromatic carbocycles. The average Bonchev–Trinajstić information content (AvgIpc) is 2.68. The van der Waals surface area contributed by atoms with Crippen LogP contribution in [0.2, 0.25) is 0 Å². The van der Waals surface area contributed by atoms with Crippen molar-refractivity contribution < 1.29 is 4.74 Å². The van der Waals surface area contributed by atoms with E-state index in [1.165, 1.54) is 5.56 Å². The molecule has 2 atom stereocenters. The highest BCUT2D eigenvalue weighted by Crippen LogP contribution is 2.21. The Labute approximate surface area is 188 Å². The van der Waals surface area contributed by atoms with Gasteiger partial charge in [-0.1, -0.05) is 19.1 Å². The number of aliphatic imine (C=N–C) groups is 1. The van der Waals surface area contributed by atoms with Gasteiger partial charge in [0, 0.05) is 38.8 Å². The van der Waals surface area contributed by atoms with Crippen LogP contribution in [0.25, 0.3) is 0 Å². The maximum absolute atomic E-state index is 5.24. The number of nitrogens with zero attached hydrogens (tertiary/aromatic N) is 3. The second-order valence-corrected chi connectivity index (χ2v) is 7.51. The molecule has 28 heavy (non-hydrogen) atoms. The molecule has 0 amide bonds. The zero-order valence-corrected chi connectivity index (χ0v) is 20.4. The van der Waals surface area contributed by atoms with Crippen molar-refractivity contribution in [2.24, 2.45) is 4.99 Å². The van der Waals surface area contributed by atoms with Crippen molar-refractivity contribution in [3.8, 4) is 5.75 Å².